The van der Waals surface area contributed by atoms with E-state index in [4.69, 9.17) is 16.3 Å². The molecule has 0 aliphatic heterocycles. The number of nitrogens with zero attached hydrogens (tertiary/aromatic N) is 1. The molecule has 0 saturated carbocycles. The standard InChI is InChI=1S/C21H17ClN2O3S/c1-2-27-20(26)19-18(15-9-4-3-5-10-15)24-21(28-19)23-17(25)13-12-14-8-6-7-11-16(14)22/h3-13H,2H2,1H3,(H,23,24,25). The van der Waals surface area contributed by atoms with Gasteiger partial charge in [0.05, 0.1) is 12.3 Å². The molecule has 28 heavy (non-hydrogen) atoms. The Hall–Kier alpha value is -2.96. The van der Waals surface area contributed by atoms with Gasteiger partial charge < -0.3 is 4.74 Å². The summed E-state index contributed by atoms with van der Waals surface area (Å²) in [4.78, 5) is 29.3. The second-order valence-electron chi connectivity index (χ2n) is 5.63. The summed E-state index contributed by atoms with van der Waals surface area (Å²) in [5.41, 5.74) is 1.99. The van der Waals surface area contributed by atoms with E-state index in [9.17, 15) is 9.59 Å². The molecule has 1 heterocycles. The Morgan fingerprint density at radius 1 is 1.14 bits per heavy atom. The Morgan fingerprint density at radius 2 is 1.86 bits per heavy atom. The molecule has 1 aromatic heterocycles. The van der Waals surface area contributed by atoms with Gasteiger partial charge in [-0.25, -0.2) is 9.78 Å². The van der Waals surface area contributed by atoms with Gasteiger partial charge in [0.1, 0.15) is 4.88 Å². The summed E-state index contributed by atoms with van der Waals surface area (Å²) < 4.78 is 5.12. The lowest BCUT2D eigenvalue weighted by Gasteiger charge is -2.01. The molecule has 142 valence electrons. The number of ether oxygens (including phenoxy) is 1. The van der Waals surface area contributed by atoms with Crippen molar-refractivity contribution < 1.29 is 14.3 Å². The zero-order valence-corrected chi connectivity index (χ0v) is 16.6. The predicted molar refractivity (Wildman–Crippen MR) is 113 cm³/mol. The predicted octanol–water partition coefficient (Wildman–Crippen LogP) is 5.29. The number of halogens is 1. The van der Waals surface area contributed by atoms with E-state index in [1.54, 1.807) is 19.1 Å². The van der Waals surface area contributed by atoms with Crippen molar-refractivity contribution in [1.82, 2.24) is 4.98 Å². The van der Waals surface area contributed by atoms with Crippen molar-refractivity contribution in [2.24, 2.45) is 0 Å². The number of anilines is 1. The fourth-order valence-electron chi connectivity index (χ4n) is 2.42. The van der Waals surface area contributed by atoms with Crippen LogP contribution in [0.25, 0.3) is 17.3 Å². The summed E-state index contributed by atoms with van der Waals surface area (Å²) in [6.45, 7) is 2.00. The minimum atomic E-state index is -0.467. The van der Waals surface area contributed by atoms with Crippen molar-refractivity contribution in [3.05, 3.63) is 76.1 Å². The number of esters is 1. The van der Waals surface area contributed by atoms with Gasteiger partial charge >= 0.3 is 5.97 Å². The molecule has 0 atom stereocenters. The van der Waals surface area contributed by atoms with Crippen molar-refractivity contribution in [2.45, 2.75) is 6.92 Å². The van der Waals surface area contributed by atoms with Gasteiger partial charge in [-0.2, -0.15) is 0 Å². The minimum absolute atomic E-state index is 0.257. The molecular weight excluding hydrogens is 396 g/mol. The van der Waals surface area contributed by atoms with Gasteiger partial charge in [-0.3, -0.25) is 10.1 Å². The van der Waals surface area contributed by atoms with Crippen LogP contribution in [-0.2, 0) is 9.53 Å². The highest BCUT2D eigenvalue weighted by molar-refractivity contribution is 7.18. The Bertz CT molecular complexity index is 1020. The van der Waals surface area contributed by atoms with Gasteiger partial charge in [0.2, 0.25) is 5.91 Å². The fraction of sp³-hybridized carbons (Fsp3) is 0.0952. The van der Waals surface area contributed by atoms with Crippen molar-refractivity contribution in [2.75, 3.05) is 11.9 Å². The molecule has 0 spiro atoms. The topological polar surface area (TPSA) is 68.3 Å². The van der Waals surface area contributed by atoms with E-state index in [1.807, 2.05) is 48.5 Å². The van der Waals surface area contributed by atoms with E-state index >= 15 is 0 Å². The van der Waals surface area contributed by atoms with E-state index in [0.29, 0.717) is 20.7 Å². The average molecular weight is 413 g/mol. The first-order valence-corrected chi connectivity index (χ1v) is 9.75. The number of benzene rings is 2. The highest BCUT2D eigenvalue weighted by Gasteiger charge is 2.21. The number of hydrogen-bond acceptors (Lipinski definition) is 5. The van der Waals surface area contributed by atoms with Crippen LogP contribution in [-0.4, -0.2) is 23.5 Å². The first kappa shape index (κ1) is 19.8. The summed E-state index contributed by atoms with van der Waals surface area (Å²) >= 11 is 7.16. The van der Waals surface area contributed by atoms with Gasteiger partial charge in [-0.05, 0) is 24.6 Å². The fourth-order valence-corrected chi connectivity index (χ4v) is 3.51. The number of carbonyl (C=O) groups excluding carboxylic acids is 2. The van der Waals surface area contributed by atoms with Gasteiger partial charge in [-0.1, -0.05) is 71.5 Å². The van der Waals surface area contributed by atoms with E-state index in [2.05, 4.69) is 10.3 Å². The lowest BCUT2D eigenvalue weighted by Crippen LogP contribution is -2.07. The van der Waals surface area contributed by atoms with Crippen LogP contribution in [0.15, 0.2) is 60.7 Å². The number of amides is 1. The molecule has 2 aromatic carbocycles. The third-order valence-corrected chi connectivity index (χ3v) is 4.98. The molecule has 0 saturated heterocycles. The second kappa shape index (κ2) is 9.30. The van der Waals surface area contributed by atoms with Crippen LogP contribution in [0.2, 0.25) is 5.02 Å². The second-order valence-corrected chi connectivity index (χ2v) is 7.03. The third-order valence-electron chi connectivity index (χ3n) is 3.68. The van der Waals surface area contributed by atoms with Crippen LogP contribution in [0, 0.1) is 0 Å². The quantitative estimate of drug-likeness (QED) is 0.441. The summed E-state index contributed by atoms with van der Waals surface area (Å²) in [5.74, 6) is -0.838. The summed E-state index contributed by atoms with van der Waals surface area (Å²) in [6, 6.07) is 16.5. The van der Waals surface area contributed by atoms with Crippen LogP contribution in [0.1, 0.15) is 22.2 Å². The zero-order chi connectivity index (χ0) is 19.9. The van der Waals surface area contributed by atoms with E-state index in [-0.39, 0.29) is 12.5 Å². The number of nitrogens with one attached hydrogen (secondary N) is 1. The average Bonchev–Trinajstić information content (AvgIpc) is 3.12. The van der Waals surface area contributed by atoms with Crippen LogP contribution in [0.4, 0.5) is 5.13 Å². The van der Waals surface area contributed by atoms with Crippen molar-refractivity contribution in [3.63, 3.8) is 0 Å². The van der Waals surface area contributed by atoms with Crippen molar-refractivity contribution in [3.8, 4) is 11.3 Å². The van der Waals surface area contributed by atoms with E-state index in [1.165, 1.54) is 6.08 Å². The Morgan fingerprint density at radius 3 is 2.57 bits per heavy atom. The van der Waals surface area contributed by atoms with Crippen molar-refractivity contribution in [1.29, 1.82) is 0 Å². The number of rotatable bonds is 6. The molecular formula is C21H17ClN2O3S. The van der Waals surface area contributed by atoms with Gasteiger partial charge in [-0.15, -0.1) is 0 Å². The largest absolute Gasteiger partial charge is 0.462 e. The molecule has 7 heteroatoms. The smallest absolute Gasteiger partial charge is 0.350 e. The third kappa shape index (κ3) is 4.85. The molecule has 3 aromatic rings. The Labute approximate surface area is 171 Å². The van der Waals surface area contributed by atoms with Crippen LogP contribution in [0.5, 0.6) is 0 Å². The van der Waals surface area contributed by atoms with Gasteiger partial charge in [0, 0.05) is 16.7 Å². The SMILES string of the molecule is CCOC(=O)c1sc(NC(=O)C=Cc2ccccc2Cl)nc1-c1ccccc1. The summed E-state index contributed by atoms with van der Waals surface area (Å²) in [5, 5.41) is 3.56. The normalized spacial score (nSPS) is 10.8. The van der Waals surface area contributed by atoms with Crippen LogP contribution < -0.4 is 5.32 Å². The Balaban J connectivity index is 1.83. The van der Waals surface area contributed by atoms with Gasteiger partial charge in [0.15, 0.2) is 5.13 Å². The Kier molecular flexibility index (Phi) is 6.57. The van der Waals surface area contributed by atoms with E-state index in [0.717, 1.165) is 22.5 Å². The van der Waals surface area contributed by atoms with E-state index < -0.39 is 5.97 Å². The van der Waals surface area contributed by atoms with Crippen molar-refractivity contribution >= 4 is 46.0 Å². The highest BCUT2D eigenvalue weighted by Crippen LogP contribution is 2.31. The molecule has 1 amide bonds. The monoisotopic (exact) mass is 412 g/mol. The molecule has 0 fully saturated rings. The molecule has 5 nitrogen and oxygen atoms in total. The lowest BCUT2D eigenvalue weighted by molar-refractivity contribution is -0.111. The maximum absolute atomic E-state index is 12.3. The first-order chi connectivity index (χ1) is 13.6. The molecule has 0 aliphatic carbocycles. The number of carbonyl (C=O) groups is 2. The molecule has 0 bridgehead atoms. The molecule has 0 aliphatic rings. The lowest BCUT2D eigenvalue weighted by atomic mass is 10.1. The van der Waals surface area contributed by atoms with Crippen LogP contribution in [0.3, 0.4) is 0 Å². The number of aromatic nitrogens is 1. The molecule has 0 unspecified atom stereocenters. The van der Waals surface area contributed by atoms with Crippen LogP contribution >= 0.6 is 22.9 Å². The first-order valence-electron chi connectivity index (χ1n) is 8.55. The highest BCUT2D eigenvalue weighted by atomic mass is 35.5. The maximum atomic E-state index is 12.3. The molecule has 0 radical (unpaired) electrons. The minimum Gasteiger partial charge on any atom is -0.462 e. The maximum Gasteiger partial charge on any atom is 0.350 e. The summed E-state index contributed by atoms with van der Waals surface area (Å²) in [7, 11) is 0. The molecule has 1 N–H and O–H groups in total. The number of hydrogen-bond donors (Lipinski definition) is 1. The molecule has 3 rings (SSSR count). The zero-order valence-electron chi connectivity index (χ0n) is 15.0. The summed E-state index contributed by atoms with van der Waals surface area (Å²) in [6.07, 6.45) is 2.99. The van der Waals surface area contributed by atoms with Gasteiger partial charge in [0.25, 0.3) is 0 Å². The number of thiazole rings is 1.